The highest BCUT2D eigenvalue weighted by molar-refractivity contribution is 7.79. The van der Waals surface area contributed by atoms with Crippen LogP contribution in [0.5, 0.6) is 0 Å². The molecular weight excluding hydrogens is 382 g/mol. The molecule has 0 saturated heterocycles. The number of nitrogens with one attached hydrogen (secondary N) is 1. The molecule has 4 N–H and O–H groups in total. The van der Waals surface area contributed by atoms with Crippen LogP contribution in [0.3, 0.4) is 0 Å². The first-order chi connectivity index (χ1) is 13.2. The van der Waals surface area contributed by atoms with E-state index in [0.29, 0.717) is 6.42 Å². The smallest absolute Gasteiger partial charge is 0.374 e. The van der Waals surface area contributed by atoms with Gasteiger partial charge in [0.1, 0.15) is 6.23 Å². The Morgan fingerprint density at radius 1 is 0.857 bits per heavy atom. The average Bonchev–Trinajstić information content (AvgIpc) is 2.56. The van der Waals surface area contributed by atoms with Crippen LogP contribution in [0, 0.1) is 0 Å². The summed E-state index contributed by atoms with van der Waals surface area (Å²) in [6.45, 7) is 3.83. The summed E-state index contributed by atoms with van der Waals surface area (Å²) in [5, 5.41) is 11.5. The number of aliphatic hydroxyl groups is 1. The lowest BCUT2D eigenvalue weighted by molar-refractivity contribution is -0.123. The van der Waals surface area contributed by atoms with Crippen LogP contribution < -0.4 is 5.32 Å². The lowest BCUT2D eigenvalue weighted by Gasteiger charge is -2.06. The van der Waals surface area contributed by atoms with Gasteiger partial charge in [0.2, 0.25) is 5.91 Å². The number of allylic oxidation sites excluding steroid dienone is 2. The molecule has 8 heteroatoms. The average molecular weight is 424 g/mol. The largest absolute Gasteiger partial charge is 0.394 e. The van der Waals surface area contributed by atoms with Crippen LogP contribution in [-0.2, 0) is 15.2 Å². The van der Waals surface area contributed by atoms with E-state index in [4.69, 9.17) is 22.6 Å². The Bertz CT molecular complexity index is 469. The van der Waals surface area contributed by atoms with E-state index < -0.39 is 16.6 Å². The zero-order valence-corrected chi connectivity index (χ0v) is 18.4. The van der Waals surface area contributed by atoms with Gasteiger partial charge in [-0.05, 0) is 39.0 Å². The van der Waals surface area contributed by atoms with Crippen molar-refractivity contribution in [2.45, 2.75) is 110 Å². The third-order valence-corrected chi connectivity index (χ3v) is 4.04. The molecule has 0 aliphatic rings. The van der Waals surface area contributed by atoms with Crippen molar-refractivity contribution in [3.63, 3.8) is 0 Å². The summed E-state index contributed by atoms with van der Waals surface area (Å²) in [5.74, 6) is -0.0439. The van der Waals surface area contributed by atoms with Crippen LogP contribution in [0.4, 0.5) is 0 Å². The van der Waals surface area contributed by atoms with Gasteiger partial charge in [-0.3, -0.25) is 13.9 Å². The van der Waals surface area contributed by atoms with E-state index in [2.05, 4.69) is 24.4 Å². The van der Waals surface area contributed by atoms with Gasteiger partial charge in [0, 0.05) is 6.42 Å². The second-order valence-electron chi connectivity index (χ2n) is 7.03. The molecule has 0 heterocycles. The maximum Gasteiger partial charge on any atom is 0.394 e. The summed E-state index contributed by atoms with van der Waals surface area (Å²) in [7, 11) is -4.67. The van der Waals surface area contributed by atoms with E-state index in [-0.39, 0.29) is 5.91 Å². The van der Waals surface area contributed by atoms with Gasteiger partial charge in [-0.2, -0.15) is 8.42 Å². The standard InChI is InChI=1S/C20H39NO2.H2O4S/c1-3-4-5-6-7-8-9-10-11-12-13-14-15-16-17-18-20(23)21-19(2)22;1-5(2,3)4/h10-11,19,22H,3-9,12-18H2,1-2H3,(H,21,23);(H2,1,2,3,4)/b11-10-;. The van der Waals surface area contributed by atoms with Crippen LogP contribution in [0.15, 0.2) is 12.2 Å². The van der Waals surface area contributed by atoms with Gasteiger partial charge in [0.05, 0.1) is 0 Å². The summed E-state index contributed by atoms with van der Waals surface area (Å²) in [6, 6.07) is 0. The van der Waals surface area contributed by atoms with E-state index in [1.54, 1.807) is 6.92 Å². The number of carbonyl (C=O) groups is 1. The molecule has 0 bridgehead atoms. The van der Waals surface area contributed by atoms with Crippen molar-refractivity contribution in [3.8, 4) is 0 Å². The maximum absolute atomic E-state index is 11.3. The highest BCUT2D eigenvalue weighted by atomic mass is 32.3. The molecule has 7 nitrogen and oxygen atoms in total. The lowest BCUT2D eigenvalue weighted by Crippen LogP contribution is -2.31. The van der Waals surface area contributed by atoms with Crippen LogP contribution in [0.1, 0.15) is 104 Å². The lowest BCUT2D eigenvalue weighted by atomic mass is 10.1. The number of hydrogen-bond acceptors (Lipinski definition) is 4. The summed E-state index contributed by atoms with van der Waals surface area (Å²) < 4.78 is 31.6. The quantitative estimate of drug-likeness (QED) is 0.122. The topological polar surface area (TPSA) is 124 Å². The van der Waals surface area contributed by atoms with E-state index in [0.717, 1.165) is 12.8 Å². The summed E-state index contributed by atoms with van der Waals surface area (Å²) in [6.07, 6.45) is 20.9. The van der Waals surface area contributed by atoms with Crippen LogP contribution in [0.2, 0.25) is 0 Å². The Balaban J connectivity index is 0. The van der Waals surface area contributed by atoms with Crippen LogP contribution in [0.25, 0.3) is 0 Å². The second kappa shape index (κ2) is 20.8. The molecule has 28 heavy (non-hydrogen) atoms. The third kappa shape index (κ3) is 36.0. The first-order valence-electron chi connectivity index (χ1n) is 10.5. The van der Waals surface area contributed by atoms with E-state index in [9.17, 15) is 4.79 Å². The molecular formula is C20H41NO6S. The molecule has 0 aromatic rings. The van der Waals surface area contributed by atoms with Crippen molar-refractivity contribution >= 4 is 16.3 Å². The van der Waals surface area contributed by atoms with Gasteiger partial charge in [0.25, 0.3) is 0 Å². The molecule has 0 aliphatic heterocycles. The normalized spacial score (nSPS) is 12.5. The highest BCUT2D eigenvalue weighted by Crippen LogP contribution is 2.09. The zero-order valence-electron chi connectivity index (χ0n) is 17.6. The predicted molar refractivity (Wildman–Crippen MR) is 113 cm³/mol. The van der Waals surface area contributed by atoms with E-state index >= 15 is 0 Å². The minimum atomic E-state index is -4.67. The Kier molecular flexibility index (Phi) is 21.7. The van der Waals surface area contributed by atoms with Crippen molar-refractivity contribution < 1.29 is 27.4 Å². The Labute approximate surface area is 171 Å². The highest BCUT2D eigenvalue weighted by Gasteiger charge is 2.02. The molecule has 0 spiro atoms. The molecule has 168 valence electrons. The SMILES string of the molecule is CCCCCCCC/C=C\CCCCCCCC(=O)NC(C)O.O=S(=O)(O)O. The molecule has 0 aromatic heterocycles. The minimum Gasteiger partial charge on any atom is -0.374 e. The summed E-state index contributed by atoms with van der Waals surface area (Å²) >= 11 is 0. The Hall–Kier alpha value is -0.960. The van der Waals surface area contributed by atoms with Crippen molar-refractivity contribution in [2.24, 2.45) is 0 Å². The third-order valence-electron chi connectivity index (χ3n) is 4.04. The molecule has 0 rings (SSSR count). The number of hydrogen-bond donors (Lipinski definition) is 4. The molecule has 0 saturated carbocycles. The Morgan fingerprint density at radius 3 is 1.68 bits per heavy atom. The van der Waals surface area contributed by atoms with E-state index in [1.165, 1.54) is 70.6 Å². The van der Waals surface area contributed by atoms with Gasteiger partial charge in [-0.15, -0.1) is 0 Å². The number of carbonyl (C=O) groups excluding carboxylic acids is 1. The molecule has 0 radical (unpaired) electrons. The zero-order chi connectivity index (χ0) is 21.7. The fourth-order valence-corrected chi connectivity index (χ4v) is 2.66. The van der Waals surface area contributed by atoms with Crippen molar-refractivity contribution in [1.82, 2.24) is 5.32 Å². The van der Waals surface area contributed by atoms with Crippen molar-refractivity contribution in [2.75, 3.05) is 0 Å². The summed E-state index contributed by atoms with van der Waals surface area (Å²) in [4.78, 5) is 11.3. The molecule has 0 aliphatic carbocycles. The Morgan fingerprint density at radius 2 is 1.25 bits per heavy atom. The fourth-order valence-electron chi connectivity index (χ4n) is 2.66. The minimum absolute atomic E-state index is 0.0439. The van der Waals surface area contributed by atoms with Crippen molar-refractivity contribution in [1.29, 1.82) is 0 Å². The van der Waals surface area contributed by atoms with Crippen LogP contribution in [-0.4, -0.2) is 34.8 Å². The number of aliphatic hydroxyl groups excluding tert-OH is 1. The number of rotatable bonds is 16. The maximum atomic E-state index is 11.3. The van der Waals surface area contributed by atoms with Gasteiger partial charge < -0.3 is 10.4 Å². The van der Waals surface area contributed by atoms with Gasteiger partial charge in [-0.1, -0.05) is 70.4 Å². The van der Waals surface area contributed by atoms with Gasteiger partial charge in [0.15, 0.2) is 0 Å². The van der Waals surface area contributed by atoms with Crippen molar-refractivity contribution in [3.05, 3.63) is 12.2 Å². The molecule has 1 amide bonds. The second-order valence-corrected chi connectivity index (χ2v) is 7.92. The first-order valence-corrected chi connectivity index (χ1v) is 11.9. The molecule has 0 aromatic carbocycles. The predicted octanol–water partition coefficient (Wildman–Crippen LogP) is 4.83. The molecule has 1 atom stereocenters. The monoisotopic (exact) mass is 423 g/mol. The summed E-state index contributed by atoms with van der Waals surface area (Å²) in [5.41, 5.74) is 0. The molecule has 0 fully saturated rings. The van der Waals surface area contributed by atoms with Gasteiger partial charge in [-0.25, -0.2) is 0 Å². The first kappa shape index (κ1) is 29.2. The number of amides is 1. The number of unbranched alkanes of at least 4 members (excludes halogenated alkanes) is 11. The van der Waals surface area contributed by atoms with E-state index in [1.807, 2.05) is 0 Å². The van der Waals surface area contributed by atoms with Crippen LogP contribution >= 0.6 is 0 Å². The van der Waals surface area contributed by atoms with Gasteiger partial charge >= 0.3 is 10.4 Å². The fraction of sp³-hybridized carbons (Fsp3) is 0.850. The molecule has 1 unspecified atom stereocenters.